The first kappa shape index (κ1) is 14.0. The highest BCUT2D eigenvalue weighted by atomic mass is 16.5. The summed E-state index contributed by atoms with van der Waals surface area (Å²) in [6, 6.07) is 13.1. The summed E-state index contributed by atoms with van der Waals surface area (Å²) >= 11 is 0. The normalized spacial score (nSPS) is 10.4. The van der Waals surface area contributed by atoms with Crippen molar-refractivity contribution in [1.82, 2.24) is 10.1 Å². The van der Waals surface area contributed by atoms with E-state index in [4.69, 9.17) is 9.26 Å². The quantitative estimate of drug-likeness (QED) is 0.674. The van der Waals surface area contributed by atoms with Gasteiger partial charge in [-0.15, -0.1) is 0 Å². The fraction of sp³-hybridized carbons (Fsp3) is 0.118. The molecule has 0 fully saturated rings. The predicted octanol–water partition coefficient (Wildman–Crippen LogP) is 3.44. The molecule has 0 saturated carbocycles. The molecule has 1 aromatic carbocycles. The van der Waals surface area contributed by atoms with Crippen LogP contribution < -0.4 is 4.74 Å². The Bertz CT molecular complexity index is 764. The van der Waals surface area contributed by atoms with Crippen LogP contribution in [-0.2, 0) is 6.61 Å². The maximum absolute atomic E-state index is 10.6. The van der Waals surface area contributed by atoms with Crippen molar-refractivity contribution >= 4 is 6.29 Å². The second-order valence-electron chi connectivity index (χ2n) is 4.77. The molecule has 3 rings (SSSR count). The molecule has 2 aromatic heterocycles. The van der Waals surface area contributed by atoms with Gasteiger partial charge in [-0.05, 0) is 13.0 Å². The van der Waals surface area contributed by atoms with Crippen molar-refractivity contribution in [3.63, 3.8) is 0 Å². The molecule has 0 saturated heterocycles. The Hall–Kier alpha value is -2.95. The molecule has 0 N–H and O–H groups in total. The Kier molecular flexibility index (Phi) is 3.96. The highest BCUT2D eigenvalue weighted by molar-refractivity contribution is 5.74. The lowest BCUT2D eigenvalue weighted by Gasteiger charge is -2.06. The van der Waals surface area contributed by atoms with Gasteiger partial charge in [-0.3, -0.25) is 4.79 Å². The monoisotopic (exact) mass is 294 g/mol. The van der Waals surface area contributed by atoms with Gasteiger partial charge in [0.15, 0.2) is 6.29 Å². The topological polar surface area (TPSA) is 65.2 Å². The molecule has 5 nitrogen and oxygen atoms in total. The third-order valence-electron chi connectivity index (χ3n) is 3.29. The zero-order valence-electron chi connectivity index (χ0n) is 12.0. The summed E-state index contributed by atoms with van der Waals surface area (Å²) < 4.78 is 10.9. The molecule has 0 spiro atoms. The van der Waals surface area contributed by atoms with Crippen LogP contribution in [0.1, 0.15) is 21.7 Å². The van der Waals surface area contributed by atoms with Gasteiger partial charge in [0.05, 0.1) is 5.56 Å². The van der Waals surface area contributed by atoms with E-state index >= 15 is 0 Å². The van der Waals surface area contributed by atoms with E-state index in [1.54, 1.807) is 12.1 Å². The molecular formula is C17H14N2O3. The lowest BCUT2D eigenvalue weighted by Crippen LogP contribution is -1.99. The number of aromatic nitrogens is 2. The van der Waals surface area contributed by atoms with Gasteiger partial charge in [-0.2, -0.15) is 0 Å². The first-order valence-corrected chi connectivity index (χ1v) is 6.82. The van der Waals surface area contributed by atoms with Gasteiger partial charge in [-0.1, -0.05) is 35.5 Å². The molecule has 0 radical (unpaired) electrons. The van der Waals surface area contributed by atoms with Crippen LogP contribution >= 0.6 is 0 Å². The summed E-state index contributed by atoms with van der Waals surface area (Å²) in [5, 5.41) is 4.10. The number of aldehydes is 1. The Morgan fingerprint density at radius 2 is 2.00 bits per heavy atom. The van der Waals surface area contributed by atoms with Gasteiger partial charge < -0.3 is 9.26 Å². The second-order valence-corrected chi connectivity index (χ2v) is 4.77. The third kappa shape index (κ3) is 2.88. The molecule has 0 amide bonds. The van der Waals surface area contributed by atoms with Crippen LogP contribution in [0, 0.1) is 6.92 Å². The third-order valence-corrected chi connectivity index (χ3v) is 3.29. The smallest absolute Gasteiger partial charge is 0.213 e. The predicted molar refractivity (Wildman–Crippen MR) is 80.6 cm³/mol. The fourth-order valence-electron chi connectivity index (χ4n) is 2.08. The van der Waals surface area contributed by atoms with E-state index < -0.39 is 0 Å². The van der Waals surface area contributed by atoms with Crippen molar-refractivity contribution in [2.75, 3.05) is 0 Å². The number of aryl methyl sites for hydroxylation is 1. The van der Waals surface area contributed by atoms with E-state index in [1.807, 2.05) is 37.3 Å². The molecule has 2 heterocycles. The number of benzene rings is 1. The van der Waals surface area contributed by atoms with Crippen LogP contribution in [0.3, 0.4) is 0 Å². The molecule has 22 heavy (non-hydrogen) atoms. The number of carbonyl (C=O) groups is 1. The Labute approximate surface area is 127 Å². The molecule has 0 aliphatic carbocycles. The first-order valence-electron chi connectivity index (χ1n) is 6.82. The highest BCUT2D eigenvalue weighted by Crippen LogP contribution is 2.26. The fourth-order valence-corrected chi connectivity index (χ4v) is 2.08. The van der Waals surface area contributed by atoms with Gasteiger partial charge in [0.1, 0.15) is 18.1 Å². The molecule has 0 unspecified atom stereocenters. The summed E-state index contributed by atoms with van der Waals surface area (Å²) in [4.78, 5) is 14.7. The maximum atomic E-state index is 10.6. The van der Waals surface area contributed by atoms with Crippen LogP contribution in [0.25, 0.3) is 11.3 Å². The van der Waals surface area contributed by atoms with E-state index in [2.05, 4.69) is 10.1 Å². The minimum atomic E-state index is 0.299. The summed E-state index contributed by atoms with van der Waals surface area (Å²) in [6.07, 6.45) is 2.22. The molecule has 0 atom stereocenters. The van der Waals surface area contributed by atoms with E-state index in [0.29, 0.717) is 23.8 Å². The lowest BCUT2D eigenvalue weighted by molar-refractivity contribution is 0.112. The molecule has 110 valence electrons. The number of pyridine rings is 1. The molecule has 5 heteroatoms. The summed E-state index contributed by atoms with van der Waals surface area (Å²) in [6.45, 7) is 2.15. The van der Waals surface area contributed by atoms with E-state index in [9.17, 15) is 4.79 Å². The zero-order chi connectivity index (χ0) is 15.4. The van der Waals surface area contributed by atoms with E-state index in [1.165, 1.54) is 6.20 Å². The first-order chi connectivity index (χ1) is 10.8. The molecule has 0 aliphatic heterocycles. The Morgan fingerprint density at radius 3 is 2.68 bits per heavy atom. The van der Waals surface area contributed by atoms with Crippen molar-refractivity contribution in [3.05, 3.63) is 65.5 Å². The van der Waals surface area contributed by atoms with Crippen LogP contribution in [-0.4, -0.2) is 16.4 Å². The summed E-state index contributed by atoms with van der Waals surface area (Å²) in [5.74, 6) is 1.16. The van der Waals surface area contributed by atoms with Crippen LogP contribution in [0.5, 0.6) is 5.88 Å². The average molecular weight is 294 g/mol. The largest absolute Gasteiger partial charge is 0.473 e. The maximum Gasteiger partial charge on any atom is 0.213 e. The number of ether oxygens (including phenoxy) is 1. The van der Waals surface area contributed by atoms with Crippen LogP contribution in [0.15, 0.2) is 53.2 Å². The van der Waals surface area contributed by atoms with Crippen molar-refractivity contribution in [1.29, 1.82) is 0 Å². The van der Waals surface area contributed by atoms with Crippen LogP contribution in [0.4, 0.5) is 0 Å². The summed E-state index contributed by atoms with van der Waals surface area (Å²) in [7, 11) is 0. The highest BCUT2D eigenvalue weighted by Gasteiger charge is 2.15. The number of rotatable bonds is 5. The van der Waals surface area contributed by atoms with Gasteiger partial charge in [0.2, 0.25) is 5.88 Å². The summed E-state index contributed by atoms with van der Waals surface area (Å²) in [5.41, 5.74) is 3.13. The standard InChI is InChI=1S/C17H14N2O3/c1-12-15(11-21-16-8-7-13(10-20)9-18-16)17(19-22-12)14-5-3-2-4-6-14/h2-10H,11H2,1H3. The van der Waals surface area contributed by atoms with Crippen molar-refractivity contribution in [2.45, 2.75) is 13.5 Å². The number of hydrogen-bond acceptors (Lipinski definition) is 5. The van der Waals surface area contributed by atoms with Gasteiger partial charge in [-0.25, -0.2) is 4.98 Å². The van der Waals surface area contributed by atoms with Gasteiger partial charge in [0.25, 0.3) is 0 Å². The van der Waals surface area contributed by atoms with Crippen molar-refractivity contribution in [2.24, 2.45) is 0 Å². The minimum absolute atomic E-state index is 0.299. The number of carbonyl (C=O) groups excluding carboxylic acids is 1. The number of hydrogen-bond donors (Lipinski definition) is 0. The SMILES string of the molecule is Cc1onc(-c2ccccc2)c1COc1ccc(C=O)cn1. The van der Waals surface area contributed by atoms with E-state index in [0.717, 1.165) is 23.1 Å². The van der Waals surface area contributed by atoms with Crippen molar-refractivity contribution < 1.29 is 14.1 Å². The Morgan fingerprint density at radius 1 is 1.18 bits per heavy atom. The minimum Gasteiger partial charge on any atom is -0.473 e. The molecule has 3 aromatic rings. The van der Waals surface area contributed by atoms with Gasteiger partial charge >= 0.3 is 0 Å². The number of nitrogens with zero attached hydrogens (tertiary/aromatic N) is 2. The zero-order valence-corrected chi connectivity index (χ0v) is 12.0. The van der Waals surface area contributed by atoms with Gasteiger partial charge in [0, 0.05) is 23.4 Å². The Balaban J connectivity index is 1.80. The lowest BCUT2D eigenvalue weighted by atomic mass is 10.1. The second kappa shape index (κ2) is 6.22. The van der Waals surface area contributed by atoms with Crippen LogP contribution in [0.2, 0.25) is 0 Å². The molecule has 0 bridgehead atoms. The van der Waals surface area contributed by atoms with Crippen molar-refractivity contribution in [3.8, 4) is 17.1 Å². The molecular weight excluding hydrogens is 280 g/mol. The molecule has 0 aliphatic rings. The average Bonchev–Trinajstić information content (AvgIpc) is 2.95. The van der Waals surface area contributed by atoms with E-state index in [-0.39, 0.29) is 0 Å².